The molecule has 0 aliphatic rings. The molecule has 0 aliphatic heterocycles. The smallest absolute Gasteiger partial charge is 0.222 e. The lowest BCUT2D eigenvalue weighted by Crippen LogP contribution is -2.04. The van der Waals surface area contributed by atoms with Crippen LogP contribution in [0.25, 0.3) is 0 Å². The number of aromatic nitrogens is 2. The third kappa shape index (κ3) is 3.38. The molecule has 3 nitrogen and oxygen atoms in total. The molecule has 0 aliphatic carbocycles. The molecule has 2 aromatic rings. The quantitative estimate of drug-likeness (QED) is 0.939. The molecule has 1 N–H and O–H groups in total. The molecule has 17 heavy (non-hydrogen) atoms. The fraction of sp³-hybridized carbons (Fsp3) is 0.0909. The minimum Gasteiger partial charge on any atom is -0.350 e. The molecule has 2 rings (SSSR count). The van der Waals surface area contributed by atoms with E-state index in [9.17, 15) is 4.39 Å². The largest absolute Gasteiger partial charge is 0.350 e. The average molecular weight is 317 g/mol. The first kappa shape index (κ1) is 12.3. The van der Waals surface area contributed by atoms with Gasteiger partial charge in [0, 0.05) is 16.6 Å². The fourth-order valence-corrected chi connectivity index (χ4v) is 1.76. The minimum atomic E-state index is -0.269. The second-order valence-electron chi connectivity index (χ2n) is 3.31. The zero-order valence-electron chi connectivity index (χ0n) is 8.62. The molecule has 1 heterocycles. The molecule has 0 amide bonds. The highest BCUT2D eigenvalue weighted by atomic mass is 79.9. The van der Waals surface area contributed by atoms with Gasteiger partial charge < -0.3 is 5.32 Å². The average Bonchev–Trinajstić information content (AvgIpc) is 2.32. The molecule has 0 unspecified atom stereocenters. The summed E-state index contributed by atoms with van der Waals surface area (Å²) >= 11 is 8.94. The SMILES string of the molecule is Fc1ccc(Br)cc1CNc1ncc(Cl)cn1. The standard InChI is InChI=1S/C11H8BrClFN3/c12-8-1-2-10(14)7(3-8)4-15-11-16-5-9(13)6-17-11/h1-3,5-6H,4H2,(H,15,16,17). The molecular formula is C11H8BrClFN3. The maximum absolute atomic E-state index is 13.4. The maximum Gasteiger partial charge on any atom is 0.222 e. The van der Waals surface area contributed by atoms with Gasteiger partial charge in [-0.25, -0.2) is 14.4 Å². The van der Waals surface area contributed by atoms with Crippen molar-refractivity contribution in [3.8, 4) is 0 Å². The predicted molar refractivity (Wildman–Crippen MR) is 68.5 cm³/mol. The van der Waals surface area contributed by atoms with Gasteiger partial charge in [-0.1, -0.05) is 27.5 Å². The van der Waals surface area contributed by atoms with Gasteiger partial charge >= 0.3 is 0 Å². The van der Waals surface area contributed by atoms with Crippen molar-refractivity contribution >= 4 is 33.5 Å². The Morgan fingerprint density at radius 3 is 2.71 bits per heavy atom. The van der Waals surface area contributed by atoms with E-state index in [-0.39, 0.29) is 5.82 Å². The number of nitrogens with one attached hydrogen (secondary N) is 1. The first-order chi connectivity index (χ1) is 8.15. The molecule has 0 radical (unpaired) electrons. The summed E-state index contributed by atoms with van der Waals surface area (Å²) in [6, 6.07) is 4.76. The summed E-state index contributed by atoms with van der Waals surface area (Å²) in [7, 11) is 0. The van der Waals surface area contributed by atoms with Crippen LogP contribution < -0.4 is 5.32 Å². The van der Waals surface area contributed by atoms with Crippen LogP contribution in [0.1, 0.15) is 5.56 Å². The molecule has 0 bridgehead atoms. The Morgan fingerprint density at radius 2 is 2.00 bits per heavy atom. The second-order valence-corrected chi connectivity index (χ2v) is 4.67. The van der Waals surface area contributed by atoms with E-state index in [2.05, 4.69) is 31.2 Å². The maximum atomic E-state index is 13.4. The summed E-state index contributed by atoms with van der Waals surface area (Å²) in [5.41, 5.74) is 0.540. The molecular weight excluding hydrogens is 308 g/mol. The molecule has 0 saturated carbocycles. The van der Waals surface area contributed by atoms with Crippen LogP contribution in [0.5, 0.6) is 0 Å². The zero-order chi connectivity index (χ0) is 12.3. The summed E-state index contributed by atoms with van der Waals surface area (Å²) < 4.78 is 14.2. The predicted octanol–water partition coefficient (Wildman–Crippen LogP) is 3.64. The lowest BCUT2D eigenvalue weighted by atomic mass is 10.2. The minimum absolute atomic E-state index is 0.269. The highest BCUT2D eigenvalue weighted by Gasteiger charge is 2.03. The first-order valence-corrected chi connectivity index (χ1v) is 5.97. The summed E-state index contributed by atoms with van der Waals surface area (Å²) in [6.45, 7) is 0.312. The third-order valence-electron chi connectivity index (χ3n) is 2.07. The summed E-state index contributed by atoms with van der Waals surface area (Å²) in [4.78, 5) is 7.91. The third-order valence-corrected chi connectivity index (χ3v) is 2.75. The van der Waals surface area contributed by atoms with Crippen LogP contribution >= 0.6 is 27.5 Å². The van der Waals surface area contributed by atoms with Crippen molar-refractivity contribution in [2.24, 2.45) is 0 Å². The summed E-state index contributed by atoms with van der Waals surface area (Å²) in [6.07, 6.45) is 2.96. The Hall–Kier alpha value is -1.20. The Morgan fingerprint density at radius 1 is 1.29 bits per heavy atom. The van der Waals surface area contributed by atoms with Crippen LogP contribution in [0.3, 0.4) is 0 Å². The number of anilines is 1. The Labute approximate surface area is 111 Å². The van der Waals surface area contributed by atoms with Gasteiger partial charge in [0.15, 0.2) is 0 Å². The second kappa shape index (κ2) is 5.42. The van der Waals surface area contributed by atoms with E-state index in [1.54, 1.807) is 12.1 Å². The van der Waals surface area contributed by atoms with Crippen molar-refractivity contribution in [1.82, 2.24) is 9.97 Å². The first-order valence-electron chi connectivity index (χ1n) is 4.80. The van der Waals surface area contributed by atoms with E-state index in [1.807, 2.05) is 0 Å². The van der Waals surface area contributed by atoms with Crippen molar-refractivity contribution in [3.63, 3.8) is 0 Å². The van der Waals surface area contributed by atoms with Gasteiger partial charge in [0.25, 0.3) is 0 Å². The Kier molecular flexibility index (Phi) is 3.91. The van der Waals surface area contributed by atoms with Crippen molar-refractivity contribution in [2.75, 3.05) is 5.32 Å². The van der Waals surface area contributed by atoms with Gasteiger partial charge in [-0.2, -0.15) is 0 Å². The lowest BCUT2D eigenvalue weighted by Gasteiger charge is -2.06. The molecule has 1 aromatic heterocycles. The molecule has 0 spiro atoms. The van der Waals surface area contributed by atoms with E-state index >= 15 is 0 Å². The number of rotatable bonds is 3. The fourth-order valence-electron chi connectivity index (χ4n) is 1.26. The lowest BCUT2D eigenvalue weighted by molar-refractivity contribution is 0.612. The summed E-state index contributed by atoms with van der Waals surface area (Å²) in [5.74, 6) is 0.142. The Bertz CT molecular complexity index is 519. The van der Waals surface area contributed by atoms with Gasteiger partial charge in [0.2, 0.25) is 5.95 Å². The number of hydrogen-bond donors (Lipinski definition) is 1. The van der Waals surface area contributed by atoms with Gasteiger partial charge in [-0.15, -0.1) is 0 Å². The van der Waals surface area contributed by atoms with Gasteiger partial charge in [-0.05, 0) is 18.2 Å². The van der Waals surface area contributed by atoms with Crippen LogP contribution in [0, 0.1) is 5.82 Å². The zero-order valence-corrected chi connectivity index (χ0v) is 11.0. The highest BCUT2D eigenvalue weighted by Crippen LogP contribution is 2.16. The molecule has 6 heteroatoms. The van der Waals surface area contributed by atoms with E-state index in [0.29, 0.717) is 23.1 Å². The monoisotopic (exact) mass is 315 g/mol. The van der Waals surface area contributed by atoms with Crippen LogP contribution in [-0.2, 0) is 6.54 Å². The van der Waals surface area contributed by atoms with E-state index < -0.39 is 0 Å². The molecule has 88 valence electrons. The van der Waals surface area contributed by atoms with Crippen LogP contribution in [0.4, 0.5) is 10.3 Å². The van der Waals surface area contributed by atoms with Crippen molar-refractivity contribution in [2.45, 2.75) is 6.54 Å². The molecule has 1 aromatic carbocycles. The summed E-state index contributed by atoms with van der Waals surface area (Å²) in [5, 5.41) is 3.38. The highest BCUT2D eigenvalue weighted by molar-refractivity contribution is 9.10. The number of hydrogen-bond acceptors (Lipinski definition) is 3. The van der Waals surface area contributed by atoms with Gasteiger partial charge in [-0.3, -0.25) is 0 Å². The number of benzene rings is 1. The van der Waals surface area contributed by atoms with Crippen LogP contribution in [-0.4, -0.2) is 9.97 Å². The molecule has 0 saturated heterocycles. The van der Waals surface area contributed by atoms with Crippen molar-refractivity contribution < 1.29 is 4.39 Å². The topological polar surface area (TPSA) is 37.8 Å². The van der Waals surface area contributed by atoms with Crippen molar-refractivity contribution in [1.29, 1.82) is 0 Å². The normalized spacial score (nSPS) is 10.3. The van der Waals surface area contributed by atoms with E-state index in [4.69, 9.17) is 11.6 Å². The number of nitrogens with zero attached hydrogens (tertiary/aromatic N) is 2. The van der Waals surface area contributed by atoms with E-state index in [1.165, 1.54) is 18.5 Å². The van der Waals surface area contributed by atoms with Gasteiger partial charge in [0.1, 0.15) is 5.82 Å². The van der Waals surface area contributed by atoms with Crippen LogP contribution in [0.2, 0.25) is 5.02 Å². The molecule has 0 atom stereocenters. The van der Waals surface area contributed by atoms with Crippen LogP contribution in [0.15, 0.2) is 35.1 Å². The Balaban J connectivity index is 2.07. The number of halogens is 3. The van der Waals surface area contributed by atoms with Crippen molar-refractivity contribution in [3.05, 3.63) is 51.5 Å². The van der Waals surface area contributed by atoms with E-state index in [0.717, 1.165) is 4.47 Å². The molecule has 0 fully saturated rings. The van der Waals surface area contributed by atoms with Gasteiger partial charge in [0.05, 0.1) is 17.4 Å².